The Morgan fingerprint density at radius 3 is 1.64 bits per heavy atom. The lowest BCUT2D eigenvalue weighted by Gasteiger charge is -2.17. The molecule has 0 aromatic carbocycles. The van der Waals surface area contributed by atoms with Gasteiger partial charge in [-0.2, -0.15) is 0 Å². The monoisotopic (exact) mass is 734 g/mol. The molecule has 0 aromatic heterocycles. The molecule has 0 heterocycles. The summed E-state index contributed by atoms with van der Waals surface area (Å²) < 4.78 is 12.1. The van der Waals surface area contributed by atoms with Gasteiger partial charge in [0.05, 0.1) is 12.4 Å². The maximum atomic E-state index is 6.34. The fourth-order valence-corrected chi connectivity index (χ4v) is 10.9. The largest absolute Gasteiger partial charge is 0.475 e. The molecule has 6 aliphatic rings. The summed E-state index contributed by atoms with van der Waals surface area (Å²) in [6.45, 7) is 6.14. The first-order valence-corrected chi connectivity index (χ1v) is 24.2. The zero-order chi connectivity index (χ0) is 36.8. The summed E-state index contributed by atoms with van der Waals surface area (Å²) in [6, 6.07) is 0. The zero-order valence-corrected chi connectivity index (χ0v) is 35.6. The van der Waals surface area contributed by atoms with Gasteiger partial charge in [0, 0.05) is 6.54 Å². The van der Waals surface area contributed by atoms with Crippen LogP contribution < -0.4 is 0 Å². The fourth-order valence-electron chi connectivity index (χ4n) is 10.9. The summed E-state index contributed by atoms with van der Waals surface area (Å²) in [5, 5.41) is 0. The molecule has 0 saturated heterocycles. The Hall–Kier alpha value is -0.800. The SMILES string of the molecule is CCCCCC1CC1CC1CC1CC1C=C1CCCCCC(CCCCCC1CC1CC1CC1CC1CC1CCCCC)OCOC=CCCN(C)C. The van der Waals surface area contributed by atoms with Crippen molar-refractivity contribution in [3.8, 4) is 0 Å². The summed E-state index contributed by atoms with van der Waals surface area (Å²) in [5.41, 5.74) is 1.81. The van der Waals surface area contributed by atoms with E-state index in [-0.39, 0.29) is 0 Å². The van der Waals surface area contributed by atoms with Gasteiger partial charge < -0.3 is 14.4 Å². The molecular weight excluding hydrogens is 647 g/mol. The summed E-state index contributed by atoms with van der Waals surface area (Å²) in [7, 11) is 4.24. The summed E-state index contributed by atoms with van der Waals surface area (Å²) >= 11 is 0. The average Bonchev–Trinajstić information content (AvgIpc) is 3.90. The minimum atomic E-state index is 0.362. The minimum absolute atomic E-state index is 0.362. The maximum Gasteiger partial charge on any atom is 0.188 e. The molecule has 6 aliphatic carbocycles. The molecule has 0 radical (unpaired) electrons. The number of rotatable bonds is 35. The number of nitrogens with zero attached hydrogens (tertiary/aromatic N) is 1. The second-order valence-electron chi connectivity index (χ2n) is 20.3. The summed E-state index contributed by atoms with van der Waals surface area (Å²) in [5.74, 6) is 11.9. The van der Waals surface area contributed by atoms with E-state index in [1.807, 2.05) is 6.26 Å². The third kappa shape index (κ3) is 16.3. The number of allylic oxidation sites excluding steroid dienone is 2. The molecule has 0 N–H and O–H groups in total. The topological polar surface area (TPSA) is 21.7 Å². The molecule has 12 atom stereocenters. The highest BCUT2D eigenvalue weighted by atomic mass is 16.7. The molecule has 0 amide bonds. The molecule has 0 spiro atoms. The summed E-state index contributed by atoms with van der Waals surface area (Å²) in [6.07, 6.45) is 47.2. The molecule has 0 aliphatic heterocycles. The van der Waals surface area contributed by atoms with Gasteiger partial charge in [-0.15, -0.1) is 0 Å². The van der Waals surface area contributed by atoms with Crippen LogP contribution in [-0.2, 0) is 9.47 Å². The molecule has 0 bridgehead atoms. The second-order valence-corrected chi connectivity index (χ2v) is 20.3. The number of unbranched alkanes of at least 4 members (excludes halogenated alkanes) is 8. The van der Waals surface area contributed by atoms with Gasteiger partial charge in [0.2, 0.25) is 0 Å². The number of hydrogen-bond acceptors (Lipinski definition) is 3. The van der Waals surface area contributed by atoms with Crippen LogP contribution >= 0.6 is 0 Å². The number of ether oxygens (including phenoxy) is 2. The highest BCUT2D eigenvalue weighted by molar-refractivity contribution is 5.29. The van der Waals surface area contributed by atoms with E-state index in [0.717, 1.165) is 78.1 Å². The van der Waals surface area contributed by atoms with Crippen molar-refractivity contribution in [2.45, 2.75) is 200 Å². The van der Waals surface area contributed by atoms with Crippen LogP contribution in [0.25, 0.3) is 0 Å². The molecule has 5 fully saturated rings. The van der Waals surface area contributed by atoms with Crippen LogP contribution in [0.4, 0.5) is 0 Å². The molecule has 3 heteroatoms. The van der Waals surface area contributed by atoms with Crippen LogP contribution in [0.15, 0.2) is 24.0 Å². The van der Waals surface area contributed by atoms with Gasteiger partial charge in [-0.1, -0.05) is 115 Å². The van der Waals surface area contributed by atoms with Crippen molar-refractivity contribution in [3.63, 3.8) is 0 Å². The van der Waals surface area contributed by atoms with Gasteiger partial charge in [-0.05, 0) is 175 Å². The first kappa shape index (κ1) is 41.8. The van der Waals surface area contributed by atoms with Crippen molar-refractivity contribution in [1.29, 1.82) is 0 Å². The second kappa shape index (κ2) is 22.2. The van der Waals surface area contributed by atoms with Gasteiger partial charge in [0.15, 0.2) is 6.79 Å². The van der Waals surface area contributed by atoms with Crippen LogP contribution in [0, 0.1) is 65.1 Å². The maximum absolute atomic E-state index is 6.34. The molecule has 12 unspecified atom stereocenters. The first-order chi connectivity index (χ1) is 26.0. The van der Waals surface area contributed by atoms with Gasteiger partial charge in [-0.3, -0.25) is 0 Å². The Kier molecular flexibility index (Phi) is 17.5. The van der Waals surface area contributed by atoms with E-state index in [9.17, 15) is 0 Å². The molecule has 53 heavy (non-hydrogen) atoms. The molecule has 304 valence electrons. The fraction of sp³-hybridized carbons (Fsp3) is 0.920. The molecular formula is C50H87NO2. The van der Waals surface area contributed by atoms with Gasteiger partial charge in [0.25, 0.3) is 0 Å². The van der Waals surface area contributed by atoms with Crippen molar-refractivity contribution >= 4 is 0 Å². The Balaban J connectivity index is 0.763. The lowest BCUT2D eigenvalue weighted by atomic mass is 10.0. The Morgan fingerprint density at radius 1 is 0.604 bits per heavy atom. The number of hydrogen-bond donors (Lipinski definition) is 0. The summed E-state index contributed by atoms with van der Waals surface area (Å²) in [4.78, 5) is 2.21. The van der Waals surface area contributed by atoms with Crippen LogP contribution in [0.5, 0.6) is 0 Å². The Labute approximate surface area is 329 Å². The molecule has 3 nitrogen and oxygen atoms in total. The van der Waals surface area contributed by atoms with Gasteiger partial charge in [0.1, 0.15) is 0 Å². The first-order valence-electron chi connectivity index (χ1n) is 24.2. The quantitative estimate of drug-likeness (QED) is 0.0280. The molecule has 6 rings (SSSR count). The Bertz CT molecular complexity index is 1080. The Morgan fingerprint density at radius 2 is 1.09 bits per heavy atom. The highest BCUT2D eigenvalue weighted by Gasteiger charge is 2.49. The van der Waals surface area contributed by atoms with Crippen molar-refractivity contribution in [2.75, 3.05) is 27.4 Å². The van der Waals surface area contributed by atoms with Crippen molar-refractivity contribution in [1.82, 2.24) is 4.90 Å². The zero-order valence-electron chi connectivity index (χ0n) is 35.6. The normalized spacial score (nSPS) is 34.1. The van der Waals surface area contributed by atoms with E-state index >= 15 is 0 Å². The van der Waals surface area contributed by atoms with Crippen molar-refractivity contribution < 1.29 is 9.47 Å². The van der Waals surface area contributed by atoms with E-state index in [2.05, 4.69) is 45.0 Å². The third-order valence-electron chi connectivity index (χ3n) is 15.3. The smallest absolute Gasteiger partial charge is 0.188 e. The van der Waals surface area contributed by atoms with E-state index in [0.29, 0.717) is 12.9 Å². The molecule has 0 aromatic rings. The van der Waals surface area contributed by atoms with Crippen LogP contribution in [0.1, 0.15) is 194 Å². The van der Waals surface area contributed by atoms with Crippen LogP contribution in [0.3, 0.4) is 0 Å². The van der Waals surface area contributed by atoms with Crippen LogP contribution in [-0.4, -0.2) is 38.4 Å². The molecule has 5 saturated carbocycles. The third-order valence-corrected chi connectivity index (χ3v) is 15.3. The minimum Gasteiger partial charge on any atom is -0.475 e. The van der Waals surface area contributed by atoms with Crippen molar-refractivity contribution in [2.24, 2.45) is 65.1 Å². The van der Waals surface area contributed by atoms with Gasteiger partial charge in [-0.25, -0.2) is 0 Å². The predicted octanol–water partition coefficient (Wildman–Crippen LogP) is 14.2. The van der Waals surface area contributed by atoms with E-state index in [4.69, 9.17) is 9.47 Å². The lowest BCUT2D eigenvalue weighted by Crippen LogP contribution is -2.15. The van der Waals surface area contributed by atoms with E-state index in [1.54, 1.807) is 56.9 Å². The highest BCUT2D eigenvalue weighted by Crippen LogP contribution is 2.59. The van der Waals surface area contributed by atoms with Gasteiger partial charge >= 0.3 is 0 Å². The van der Waals surface area contributed by atoms with E-state index < -0.39 is 0 Å². The average molecular weight is 734 g/mol. The van der Waals surface area contributed by atoms with E-state index in [1.165, 1.54) is 122 Å². The van der Waals surface area contributed by atoms with Crippen molar-refractivity contribution in [3.05, 3.63) is 24.0 Å². The lowest BCUT2D eigenvalue weighted by molar-refractivity contribution is -0.0637. The van der Waals surface area contributed by atoms with Crippen LogP contribution in [0.2, 0.25) is 0 Å². The standard InChI is InChI=1S/C50H87NO2/c1-5-7-11-19-38-27-42(38)31-46-35-48(46)33-44-29-40(44)21-13-9-15-23-50(53-37-52-26-18-17-25-51(3)4)24-16-10-14-22-41-30-45(41)34-49-36-47(49)32-43-28-39(43)20-12-8-6-2/h18,26,29,38-39,41-50H,5-17,19-25,27-28,30-37H2,1-4H3. The predicted molar refractivity (Wildman–Crippen MR) is 226 cm³/mol.